The number of nitrogen functional groups attached to an aromatic ring is 1. The topological polar surface area (TPSA) is 98.3 Å². The molecule has 10 heteroatoms. The highest BCUT2D eigenvalue weighted by Gasteiger charge is 2.49. The lowest BCUT2D eigenvalue weighted by atomic mass is 9.92. The standard InChI is InChI=1S/C13H11Cl2F2N3O3/c1-5(10-6(14)2-3-9(16)13(10,15)17)23-8-4-7(12(21)22)19-20-11(8)18/h2-5,10H,1H3,(H2,18,20)(H,21,22). The first-order valence-electron chi connectivity index (χ1n) is 6.29. The third-order valence-corrected chi connectivity index (χ3v) is 3.96. The highest BCUT2D eigenvalue weighted by Crippen LogP contribution is 2.46. The Labute approximate surface area is 139 Å². The first-order chi connectivity index (χ1) is 10.6. The summed E-state index contributed by atoms with van der Waals surface area (Å²) in [5.74, 6) is -4.30. The Balaban J connectivity index is 2.30. The van der Waals surface area contributed by atoms with Gasteiger partial charge in [-0.05, 0) is 19.1 Å². The van der Waals surface area contributed by atoms with E-state index in [0.717, 1.165) is 12.1 Å². The second-order valence-corrected chi connectivity index (χ2v) is 5.76. The number of carboxylic acid groups (broad SMARTS) is 1. The summed E-state index contributed by atoms with van der Waals surface area (Å²) in [6, 6.07) is 1.02. The van der Waals surface area contributed by atoms with Crippen LogP contribution in [0, 0.1) is 5.92 Å². The fourth-order valence-corrected chi connectivity index (χ4v) is 2.86. The summed E-state index contributed by atoms with van der Waals surface area (Å²) in [5, 5.41) is 12.7. The van der Waals surface area contributed by atoms with Gasteiger partial charge < -0.3 is 15.6 Å². The van der Waals surface area contributed by atoms with Gasteiger partial charge in [0.15, 0.2) is 23.1 Å². The van der Waals surface area contributed by atoms with E-state index in [1.165, 1.54) is 13.0 Å². The van der Waals surface area contributed by atoms with Gasteiger partial charge in [0, 0.05) is 11.1 Å². The molecule has 0 saturated heterocycles. The van der Waals surface area contributed by atoms with Crippen LogP contribution in [0.3, 0.4) is 0 Å². The van der Waals surface area contributed by atoms with Gasteiger partial charge in [0.25, 0.3) is 0 Å². The predicted octanol–water partition coefficient (Wildman–Crippen LogP) is 3.03. The van der Waals surface area contributed by atoms with E-state index in [2.05, 4.69) is 10.2 Å². The second-order valence-electron chi connectivity index (χ2n) is 4.77. The number of halogens is 4. The first-order valence-corrected chi connectivity index (χ1v) is 7.04. The van der Waals surface area contributed by atoms with E-state index in [0.29, 0.717) is 0 Å². The number of anilines is 1. The van der Waals surface area contributed by atoms with Crippen LogP contribution < -0.4 is 10.5 Å². The van der Waals surface area contributed by atoms with Crippen LogP contribution in [0.15, 0.2) is 29.1 Å². The smallest absolute Gasteiger partial charge is 0.356 e. The van der Waals surface area contributed by atoms with Crippen molar-refractivity contribution >= 4 is 35.0 Å². The molecule has 0 spiro atoms. The lowest BCUT2D eigenvalue weighted by molar-refractivity contribution is 0.0685. The van der Waals surface area contributed by atoms with Gasteiger partial charge in [-0.3, -0.25) is 0 Å². The van der Waals surface area contributed by atoms with Crippen LogP contribution in [-0.2, 0) is 0 Å². The molecule has 1 aromatic heterocycles. The summed E-state index contributed by atoms with van der Waals surface area (Å²) in [5.41, 5.74) is 5.12. The number of aromatic carboxylic acids is 1. The fourth-order valence-electron chi connectivity index (χ4n) is 2.06. The minimum atomic E-state index is -2.89. The Kier molecular flexibility index (Phi) is 4.76. The SMILES string of the molecule is CC(Oc1cc(C(=O)O)nnc1N)C1C(Cl)=CC=C(F)C1(F)Cl. The number of hydrogen-bond donors (Lipinski definition) is 2. The van der Waals surface area contributed by atoms with Gasteiger partial charge in [-0.1, -0.05) is 23.2 Å². The van der Waals surface area contributed by atoms with E-state index in [-0.39, 0.29) is 16.6 Å². The molecule has 1 aromatic rings. The number of nitrogens with zero attached hydrogens (tertiary/aromatic N) is 2. The zero-order valence-electron chi connectivity index (χ0n) is 11.6. The Morgan fingerprint density at radius 1 is 1.52 bits per heavy atom. The summed E-state index contributed by atoms with van der Waals surface area (Å²) in [4.78, 5) is 10.9. The molecule has 1 aliphatic rings. The number of rotatable bonds is 4. The second kappa shape index (κ2) is 6.29. The first kappa shape index (κ1) is 17.4. The van der Waals surface area contributed by atoms with Crippen molar-refractivity contribution in [1.29, 1.82) is 0 Å². The van der Waals surface area contributed by atoms with Crippen molar-refractivity contribution in [3.63, 3.8) is 0 Å². The molecule has 1 aliphatic carbocycles. The third-order valence-electron chi connectivity index (χ3n) is 3.18. The van der Waals surface area contributed by atoms with Crippen LogP contribution in [0.4, 0.5) is 14.6 Å². The molecule has 0 aliphatic heterocycles. The molecule has 124 valence electrons. The Bertz CT molecular complexity index is 710. The van der Waals surface area contributed by atoms with Gasteiger partial charge in [0.1, 0.15) is 6.10 Å². The number of carboxylic acids is 1. The summed E-state index contributed by atoms with van der Waals surface area (Å²) < 4.78 is 33.4. The van der Waals surface area contributed by atoms with Crippen LogP contribution in [0.2, 0.25) is 0 Å². The van der Waals surface area contributed by atoms with Gasteiger partial charge in [-0.15, -0.1) is 10.2 Å². The average molecular weight is 366 g/mol. The van der Waals surface area contributed by atoms with Crippen molar-refractivity contribution in [2.24, 2.45) is 5.92 Å². The summed E-state index contributed by atoms with van der Waals surface area (Å²) >= 11 is 11.5. The number of ether oxygens (including phenoxy) is 1. The maximum Gasteiger partial charge on any atom is 0.356 e. The molecule has 3 unspecified atom stereocenters. The van der Waals surface area contributed by atoms with Gasteiger partial charge in [-0.2, -0.15) is 0 Å². The molecule has 3 N–H and O–H groups in total. The molecule has 0 amide bonds. The van der Waals surface area contributed by atoms with Gasteiger partial charge in [0.05, 0.1) is 5.92 Å². The van der Waals surface area contributed by atoms with E-state index in [1.807, 2.05) is 0 Å². The molecule has 3 atom stereocenters. The molecule has 0 bridgehead atoms. The van der Waals surface area contributed by atoms with E-state index < -0.39 is 34.6 Å². The Morgan fingerprint density at radius 3 is 2.78 bits per heavy atom. The molecule has 2 rings (SSSR count). The molecule has 6 nitrogen and oxygen atoms in total. The number of nitrogens with two attached hydrogens (primary N) is 1. The van der Waals surface area contributed by atoms with Crippen molar-refractivity contribution in [1.82, 2.24) is 10.2 Å². The van der Waals surface area contributed by atoms with E-state index in [1.54, 1.807) is 0 Å². The number of alkyl halides is 2. The summed E-state index contributed by atoms with van der Waals surface area (Å²) in [6.45, 7) is 1.39. The van der Waals surface area contributed by atoms with Crippen LogP contribution in [0.5, 0.6) is 5.75 Å². The van der Waals surface area contributed by atoms with E-state index >= 15 is 0 Å². The average Bonchev–Trinajstić information content (AvgIpc) is 2.45. The molecule has 0 saturated carbocycles. The molecule has 0 fully saturated rings. The van der Waals surface area contributed by atoms with Crippen LogP contribution in [-0.4, -0.2) is 32.5 Å². The lowest BCUT2D eigenvalue weighted by Crippen LogP contribution is -2.40. The monoisotopic (exact) mass is 365 g/mol. The minimum Gasteiger partial charge on any atom is -0.486 e. The Morgan fingerprint density at radius 2 is 2.17 bits per heavy atom. The maximum absolute atomic E-state index is 14.4. The van der Waals surface area contributed by atoms with Crippen LogP contribution in [0.1, 0.15) is 17.4 Å². The predicted molar refractivity (Wildman–Crippen MR) is 79.8 cm³/mol. The minimum absolute atomic E-state index is 0.0598. The quantitative estimate of drug-likeness (QED) is 0.795. The molecule has 23 heavy (non-hydrogen) atoms. The lowest BCUT2D eigenvalue weighted by Gasteiger charge is -2.33. The largest absolute Gasteiger partial charge is 0.486 e. The highest BCUT2D eigenvalue weighted by molar-refractivity contribution is 6.32. The van der Waals surface area contributed by atoms with Gasteiger partial charge in [0.2, 0.25) is 5.13 Å². The van der Waals surface area contributed by atoms with Crippen LogP contribution in [0.25, 0.3) is 0 Å². The van der Waals surface area contributed by atoms with Crippen molar-refractivity contribution in [2.45, 2.75) is 18.2 Å². The zero-order chi connectivity index (χ0) is 17.4. The molecule has 0 radical (unpaired) electrons. The van der Waals surface area contributed by atoms with E-state index in [9.17, 15) is 13.6 Å². The van der Waals surface area contributed by atoms with Crippen molar-refractivity contribution in [3.8, 4) is 5.75 Å². The molecular weight excluding hydrogens is 355 g/mol. The van der Waals surface area contributed by atoms with Crippen molar-refractivity contribution < 1.29 is 23.4 Å². The molecule has 0 aromatic carbocycles. The van der Waals surface area contributed by atoms with Crippen molar-refractivity contribution in [3.05, 3.63) is 34.8 Å². The number of carbonyl (C=O) groups is 1. The molecule has 1 heterocycles. The van der Waals surface area contributed by atoms with Crippen LogP contribution >= 0.6 is 23.2 Å². The fraction of sp³-hybridized carbons (Fsp3) is 0.308. The van der Waals surface area contributed by atoms with Gasteiger partial charge >= 0.3 is 5.97 Å². The van der Waals surface area contributed by atoms with Crippen molar-refractivity contribution in [2.75, 3.05) is 5.73 Å². The molecular formula is C13H11Cl2F2N3O3. The highest BCUT2D eigenvalue weighted by atomic mass is 35.5. The number of hydrogen-bond acceptors (Lipinski definition) is 5. The third kappa shape index (κ3) is 3.37. The summed E-state index contributed by atoms with van der Waals surface area (Å²) in [6.07, 6.45) is 0.913. The number of aromatic nitrogens is 2. The summed E-state index contributed by atoms with van der Waals surface area (Å²) in [7, 11) is 0. The number of allylic oxidation sites excluding steroid dienone is 3. The van der Waals surface area contributed by atoms with E-state index in [4.69, 9.17) is 38.8 Å². The maximum atomic E-state index is 14.4. The van der Waals surface area contributed by atoms with Gasteiger partial charge in [-0.25, -0.2) is 13.6 Å². The Hall–Kier alpha value is -1.93. The zero-order valence-corrected chi connectivity index (χ0v) is 13.1. The normalized spacial score (nSPS) is 25.3.